The van der Waals surface area contributed by atoms with E-state index in [4.69, 9.17) is 0 Å². The summed E-state index contributed by atoms with van der Waals surface area (Å²) >= 11 is 0. The van der Waals surface area contributed by atoms with Gasteiger partial charge in [0.05, 0.1) is 0 Å². The van der Waals surface area contributed by atoms with E-state index in [2.05, 4.69) is 46.9 Å². The molecule has 0 radical (unpaired) electrons. The average Bonchev–Trinajstić information content (AvgIpc) is 1.98. The minimum atomic E-state index is 0.0822. The summed E-state index contributed by atoms with van der Waals surface area (Å²) < 4.78 is 0. The average molecular weight is 227 g/mol. The number of hydrogen-bond donors (Lipinski definition) is 1. The van der Waals surface area contributed by atoms with Crippen molar-refractivity contribution in [3.63, 3.8) is 0 Å². The molecule has 0 aromatic carbocycles. The van der Waals surface area contributed by atoms with Crippen molar-refractivity contribution in [2.24, 2.45) is 11.3 Å². The number of carbonyl (C=O) groups excluding carboxylic acids is 1. The number of hydrogen-bond acceptors (Lipinski definition) is 1. The van der Waals surface area contributed by atoms with E-state index in [0.717, 1.165) is 6.42 Å². The maximum atomic E-state index is 11.7. The third kappa shape index (κ3) is 8.75. The molecule has 0 fully saturated rings. The highest BCUT2D eigenvalue weighted by Crippen LogP contribution is 2.18. The molecule has 2 nitrogen and oxygen atoms in total. The number of carbonyl (C=O) groups is 1. The molecule has 0 heterocycles. The zero-order valence-corrected chi connectivity index (χ0v) is 11.9. The summed E-state index contributed by atoms with van der Waals surface area (Å²) in [5.74, 6) is 0.888. The van der Waals surface area contributed by atoms with Crippen molar-refractivity contribution in [3.05, 3.63) is 0 Å². The smallest absolute Gasteiger partial charge is 0.220 e. The normalized spacial score (nSPS) is 15.6. The van der Waals surface area contributed by atoms with Gasteiger partial charge in [0.2, 0.25) is 5.91 Å². The molecule has 0 saturated carbocycles. The van der Waals surface area contributed by atoms with Gasteiger partial charge < -0.3 is 5.32 Å². The zero-order chi connectivity index (χ0) is 12.8. The van der Waals surface area contributed by atoms with Crippen LogP contribution >= 0.6 is 0 Å². The first-order valence-corrected chi connectivity index (χ1v) is 6.54. The lowest BCUT2D eigenvalue weighted by molar-refractivity contribution is -0.123. The Balaban J connectivity index is 3.87. The Morgan fingerprint density at radius 2 is 1.81 bits per heavy atom. The predicted molar refractivity (Wildman–Crippen MR) is 70.4 cm³/mol. The first-order chi connectivity index (χ1) is 7.24. The molecule has 2 atom stereocenters. The van der Waals surface area contributed by atoms with Gasteiger partial charge in [-0.15, -0.1) is 0 Å². The summed E-state index contributed by atoms with van der Waals surface area (Å²) in [6, 6.07) is 0.302. The largest absolute Gasteiger partial charge is 0.354 e. The van der Waals surface area contributed by atoms with Crippen LogP contribution in [0.1, 0.15) is 67.2 Å². The summed E-state index contributed by atoms with van der Waals surface area (Å²) in [6.07, 6.45) is 4.17. The van der Waals surface area contributed by atoms with Gasteiger partial charge in [0.1, 0.15) is 0 Å². The summed E-state index contributed by atoms with van der Waals surface area (Å²) in [6.45, 7) is 12.9. The van der Waals surface area contributed by atoms with Crippen LogP contribution < -0.4 is 5.32 Å². The molecule has 0 aliphatic carbocycles. The lowest BCUT2D eigenvalue weighted by Gasteiger charge is -2.22. The van der Waals surface area contributed by atoms with Crippen molar-refractivity contribution in [3.8, 4) is 0 Å². The van der Waals surface area contributed by atoms with E-state index in [1.165, 1.54) is 12.8 Å². The highest BCUT2D eigenvalue weighted by atomic mass is 16.1. The Labute approximate surface area is 101 Å². The molecule has 2 heteroatoms. The fourth-order valence-corrected chi connectivity index (χ4v) is 2.08. The van der Waals surface area contributed by atoms with Crippen molar-refractivity contribution < 1.29 is 4.79 Å². The molecule has 16 heavy (non-hydrogen) atoms. The van der Waals surface area contributed by atoms with Crippen molar-refractivity contribution in [2.45, 2.75) is 73.3 Å². The van der Waals surface area contributed by atoms with Gasteiger partial charge in [0, 0.05) is 12.5 Å². The maximum Gasteiger partial charge on any atom is 0.220 e. The van der Waals surface area contributed by atoms with Gasteiger partial charge in [-0.05, 0) is 24.7 Å². The van der Waals surface area contributed by atoms with E-state index in [1.807, 2.05) is 0 Å². The minimum absolute atomic E-state index is 0.0822. The van der Waals surface area contributed by atoms with Crippen LogP contribution in [-0.2, 0) is 4.79 Å². The van der Waals surface area contributed by atoms with Crippen LogP contribution in [0, 0.1) is 11.3 Å². The Kier molecular flexibility index (Phi) is 6.70. The van der Waals surface area contributed by atoms with Crippen molar-refractivity contribution in [1.29, 1.82) is 0 Å². The lowest BCUT2D eigenvalue weighted by atomic mass is 9.91. The fraction of sp³-hybridized carbons (Fsp3) is 0.929. The summed E-state index contributed by atoms with van der Waals surface area (Å²) in [5.41, 5.74) is 0.0822. The van der Waals surface area contributed by atoms with Gasteiger partial charge in [-0.1, -0.05) is 47.5 Å². The van der Waals surface area contributed by atoms with Crippen LogP contribution in [0.3, 0.4) is 0 Å². The van der Waals surface area contributed by atoms with E-state index in [0.29, 0.717) is 18.4 Å². The highest BCUT2D eigenvalue weighted by molar-refractivity contribution is 5.76. The number of rotatable bonds is 6. The van der Waals surface area contributed by atoms with Crippen LogP contribution in [0.25, 0.3) is 0 Å². The molecular formula is C14H29NO. The molecule has 0 aromatic rings. The van der Waals surface area contributed by atoms with E-state index >= 15 is 0 Å². The van der Waals surface area contributed by atoms with Crippen LogP contribution in [-0.4, -0.2) is 11.9 Å². The number of amides is 1. The second-order valence-corrected chi connectivity index (χ2v) is 6.34. The molecule has 1 amide bonds. The Morgan fingerprint density at radius 3 is 2.25 bits per heavy atom. The molecule has 0 aromatic heterocycles. The SMILES string of the molecule is CCCC(C)CC(C)NC(=O)CC(C)(C)C. The first-order valence-electron chi connectivity index (χ1n) is 6.54. The standard InChI is InChI=1S/C14H29NO/c1-7-8-11(2)9-12(3)15-13(16)10-14(4,5)6/h11-12H,7-10H2,1-6H3,(H,15,16). The van der Waals surface area contributed by atoms with Gasteiger partial charge in [-0.25, -0.2) is 0 Å². The van der Waals surface area contributed by atoms with Crippen molar-refractivity contribution in [2.75, 3.05) is 0 Å². The molecule has 0 spiro atoms. The highest BCUT2D eigenvalue weighted by Gasteiger charge is 2.17. The van der Waals surface area contributed by atoms with Gasteiger partial charge in [-0.2, -0.15) is 0 Å². The third-order valence-corrected chi connectivity index (χ3v) is 2.64. The molecule has 96 valence electrons. The van der Waals surface area contributed by atoms with Crippen LogP contribution in [0.4, 0.5) is 0 Å². The molecule has 2 unspecified atom stereocenters. The minimum Gasteiger partial charge on any atom is -0.354 e. The van der Waals surface area contributed by atoms with Gasteiger partial charge in [-0.3, -0.25) is 4.79 Å². The summed E-state index contributed by atoms with van der Waals surface area (Å²) in [7, 11) is 0. The zero-order valence-electron chi connectivity index (χ0n) is 11.9. The second kappa shape index (κ2) is 6.93. The van der Waals surface area contributed by atoms with Crippen LogP contribution in [0.2, 0.25) is 0 Å². The van der Waals surface area contributed by atoms with Gasteiger partial charge in [0.15, 0.2) is 0 Å². The monoisotopic (exact) mass is 227 g/mol. The molecule has 0 aliphatic rings. The second-order valence-electron chi connectivity index (χ2n) is 6.34. The van der Waals surface area contributed by atoms with E-state index < -0.39 is 0 Å². The Hall–Kier alpha value is -0.530. The van der Waals surface area contributed by atoms with Crippen LogP contribution in [0.5, 0.6) is 0 Å². The quantitative estimate of drug-likeness (QED) is 0.735. The Bertz CT molecular complexity index is 205. The molecule has 0 bridgehead atoms. The summed E-state index contributed by atoms with van der Waals surface area (Å²) in [5, 5.41) is 3.09. The van der Waals surface area contributed by atoms with Gasteiger partial charge in [0.25, 0.3) is 0 Å². The molecule has 0 aliphatic heterocycles. The van der Waals surface area contributed by atoms with Crippen LogP contribution in [0.15, 0.2) is 0 Å². The molecular weight excluding hydrogens is 198 g/mol. The molecule has 1 N–H and O–H groups in total. The fourth-order valence-electron chi connectivity index (χ4n) is 2.08. The molecule has 0 saturated heterocycles. The Morgan fingerprint density at radius 1 is 1.25 bits per heavy atom. The maximum absolute atomic E-state index is 11.7. The van der Waals surface area contributed by atoms with E-state index in [1.54, 1.807) is 0 Å². The van der Waals surface area contributed by atoms with Gasteiger partial charge >= 0.3 is 0 Å². The number of nitrogens with one attached hydrogen (secondary N) is 1. The summed E-state index contributed by atoms with van der Waals surface area (Å²) in [4.78, 5) is 11.7. The van der Waals surface area contributed by atoms with E-state index in [9.17, 15) is 4.79 Å². The predicted octanol–water partition coefficient (Wildman–Crippen LogP) is 3.75. The van der Waals surface area contributed by atoms with Crippen molar-refractivity contribution >= 4 is 5.91 Å². The van der Waals surface area contributed by atoms with Crippen molar-refractivity contribution in [1.82, 2.24) is 5.32 Å². The topological polar surface area (TPSA) is 29.1 Å². The lowest BCUT2D eigenvalue weighted by Crippen LogP contribution is -2.35. The third-order valence-electron chi connectivity index (χ3n) is 2.64. The first kappa shape index (κ1) is 15.5. The molecule has 0 rings (SSSR count). The van der Waals surface area contributed by atoms with E-state index in [-0.39, 0.29) is 11.3 Å².